The van der Waals surface area contributed by atoms with Gasteiger partial charge in [0, 0.05) is 26.7 Å². The van der Waals surface area contributed by atoms with Gasteiger partial charge >= 0.3 is 0 Å². The molecule has 0 radical (unpaired) electrons. The minimum atomic E-state index is -0.473. The van der Waals surface area contributed by atoms with Crippen LogP contribution in [-0.4, -0.2) is 43.7 Å². The molecule has 0 aromatic rings. The lowest BCUT2D eigenvalue weighted by Crippen LogP contribution is -2.49. The van der Waals surface area contributed by atoms with E-state index in [1.807, 2.05) is 4.90 Å². The third-order valence-electron chi connectivity index (χ3n) is 2.99. The summed E-state index contributed by atoms with van der Waals surface area (Å²) in [7, 11) is 1.53. The number of ether oxygens (including phenoxy) is 1. The van der Waals surface area contributed by atoms with Crippen LogP contribution in [0.25, 0.3) is 0 Å². The summed E-state index contributed by atoms with van der Waals surface area (Å²) in [4.78, 5) is 13.8. The van der Waals surface area contributed by atoms with Crippen LogP contribution in [0.2, 0.25) is 0 Å². The second-order valence-electron chi connectivity index (χ2n) is 4.99. The number of nitrogens with zero attached hydrogens (tertiary/aromatic N) is 1. The predicted molar refractivity (Wildman–Crippen MR) is 66.7 cm³/mol. The van der Waals surface area contributed by atoms with Crippen molar-refractivity contribution in [2.45, 2.75) is 32.8 Å². The zero-order valence-electron chi connectivity index (χ0n) is 10.4. The summed E-state index contributed by atoms with van der Waals surface area (Å²) in [6, 6.07) is 0. The first-order valence-corrected chi connectivity index (χ1v) is 5.52. The molecule has 16 heavy (non-hydrogen) atoms. The van der Waals surface area contributed by atoms with Gasteiger partial charge in [0.15, 0.2) is 0 Å². The van der Waals surface area contributed by atoms with Crippen LogP contribution in [0, 0.1) is 5.41 Å². The molecular formula is C11H23ClN2O2. The molecule has 4 nitrogen and oxygen atoms in total. The third-order valence-corrected chi connectivity index (χ3v) is 2.99. The van der Waals surface area contributed by atoms with Crippen molar-refractivity contribution in [1.82, 2.24) is 4.90 Å². The molecule has 1 rings (SSSR count). The molecule has 1 saturated heterocycles. The van der Waals surface area contributed by atoms with Gasteiger partial charge < -0.3 is 15.4 Å². The van der Waals surface area contributed by atoms with Crippen LogP contribution in [-0.2, 0) is 9.53 Å². The van der Waals surface area contributed by atoms with Crippen LogP contribution in [0.1, 0.15) is 26.7 Å². The zero-order valence-corrected chi connectivity index (χ0v) is 11.2. The van der Waals surface area contributed by atoms with Gasteiger partial charge in [-0.05, 0) is 18.3 Å². The third kappa shape index (κ3) is 3.92. The number of likely N-dealkylation sites (tertiary alicyclic amines) is 1. The highest BCUT2D eigenvalue weighted by Gasteiger charge is 2.31. The summed E-state index contributed by atoms with van der Waals surface area (Å²) < 4.78 is 5.07. The maximum Gasteiger partial charge on any atom is 0.253 e. The highest BCUT2D eigenvalue weighted by atomic mass is 35.5. The molecule has 0 spiro atoms. The molecule has 1 fully saturated rings. The Hall–Kier alpha value is -0.320. The van der Waals surface area contributed by atoms with Gasteiger partial charge in [0.05, 0.1) is 0 Å². The van der Waals surface area contributed by atoms with Gasteiger partial charge in [0.2, 0.25) is 0 Å². The first kappa shape index (κ1) is 15.7. The number of hydrogen-bond donors (Lipinski definition) is 1. The van der Waals surface area contributed by atoms with Gasteiger partial charge in [-0.25, -0.2) is 0 Å². The lowest BCUT2D eigenvalue weighted by molar-refractivity contribution is -0.144. The largest absolute Gasteiger partial charge is 0.370 e. The van der Waals surface area contributed by atoms with E-state index in [0.29, 0.717) is 0 Å². The van der Waals surface area contributed by atoms with Crippen LogP contribution >= 0.6 is 12.4 Å². The van der Waals surface area contributed by atoms with Gasteiger partial charge in [-0.1, -0.05) is 13.8 Å². The normalized spacial score (nSPS) is 21.1. The molecule has 2 N–H and O–H groups in total. The van der Waals surface area contributed by atoms with Gasteiger partial charge in [-0.15, -0.1) is 12.4 Å². The number of hydrogen-bond acceptors (Lipinski definition) is 3. The summed E-state index contributed by atoms with van der Waals surface area (Å²) >= 11 is 0. The average Bonchev–Trinajstić information content (AvgIpc) is 2.18. The van der Waals surface area contributed by atoms with Crippen molar-refractivity contribution in [1.29, 1.82) is 0 Å². The zero-order chi connectivity index (χ0) is 11.5. The van der Waals surface area contributed by atoms with Crippen molar-refractivity contribution in [3.05, 3.63) is 0 Å². The molecular weight excluding hydrogens is 228 g/mol. The van der Waals surface area contributed by atoms with Crippen LogP contribution in [0.15, 0.2) is 0 Å². The lowest BCUT2D eigenvalue weighted by atomic mass is 9.84. The van der Waals surface area contributed by atoms with E-state index < -0.39 is 6.10 Å². The molecule has 0 bridgehead atoms. The first-order valence-electron chi connectivity index (χ1n) is 5.52. The van der Waals surface area contributed by atoms with Gasteiger partial charge in [-0.2, -0.15) is 0 Å². The number of methoxy groups -OCH3 is 1. The molecule has 1 aliphatic rings. The molecule has 1 heterocycles. The Balaban J connectivity index is 0.00000225. The summed E-state index contributed by atoms with van der Waals surface area (Å²) in [6.45, 7) is 6.29. The van der Waals surface area contributed by atoms with E-state index >= 15 is 0 Å². The van der Waals surface area contributed by atoms with Crippen LogP contribution in [0.3, 0.4) is 0 Å². The highest BCUT2D eigenvalue weighted by molar-refractivity contribution is 5.85. The smallest absolute Gasteiger partial charge is 0.253 e. The minimum Gasteiger partial charge on any atom is -0.370 e. The highest BCUT2D eigenvalue weighted by Crippen LogP contribution is 2.28. The van der Waals surface area contributed by atoms with E-state index in [0.717, 1.165) is 19.5 Å². The van der Waals surface area contributed by atoms with Crippen molar-refractivity contribution >= 4 is 18.3 Å². The molecule has 5 heteroatoms. The monoisotopic (exact) mass is 250 g/mol. The van der Waals surface area contributed by atoms with Gasteiger partial charge in [0.25, 0.3) is 5.91 Å². The van der Waals surface area contributed by atoms with E-state index in [1.54, 1.807) is 0 Å². The fraction of sp³-hybridized carbons (Fsp3) is 0.909. The number of rotatable bonds is 3. The van der Waals surface area contributed by atoms with E-state index in [4.69, 9.17) is 10.5 Å². The molecule has 0 aromatic carbocycles. The van der Waals surface area contributed by atoms with Crippen molar-refractivity contribution in [3.8, 4) is 0 Å². The molecule has 0 aromatic heterocycles. The van der Waals surface area contributed by atoms with Crippen molar-refractivity contribution in [3.63, 3.8) is 0 Å². The lowest BCUT2D eigenvalue weighted by Gasteiger charge is -2.39. The topological polar surface area (TPSA) is 55.6 Å². The second kappa shape index (κ2) is 6.42. The Kier molecular flexibility index (Phi) is 6.30. The molecule has 96 valence electrons. The van der Waals surface area contributed by atoms with Crippen LogP contribution in [0.4, 0.5) is 0 Å². The number of halogens is 1. The summed E-state index contributed by atoms with van der Waals surface area (Å²) in [5.41, 5.74) is 5.71. The van der Waals surface area contributed by atoms with Crippen molar-refractivity contribution < 1.29 is 9.53 Å². The predicted octanol–water partition coefficient (Wildman–Crippen LogP) is 1.03. The molecule has 1 amide bonds. The SMILES string of the molecule is COC(CN)C(=O)N1CCCC(C)(C)C1.Cl. The van der Waals surface area contributed by atoms with E-state index in [1.165, 1.54) is 13.5 Å². The number of carbonyl (C=O) groups is 1. The maximum absolute atomic E-state index is 12.0. The maximum atomic E-state index is 12.0. The molecule has 0 saturated carbocycles. The summed E-state index contributed by atoms with van der Waals surface area (Å²) in [5, 5.41) is 0. The van der Waals surface area contributed by atoms with E-state index in [2.05, 4.69) is 13.8 Å². The number of piperidine rings is 1. The average molecular weight is 251 g/mol. The standard InChI is InChI=1S/C11H22N2O2.ClH/c1-11(2)5-4-6-13(8-11)10(14)9(7-12)15-3;/h9H,4-8,12H2,1-3H3;1H. The summed E-state index contributed by atoms with van der Waals surface area (Å²) in [6.07, 6.45) is 1.77. The molecule has 0 aliphatic carbocycles. The Morgan fingerprint density at radius 2 is 2.19 bits per heavy atom. The summed E-state index contributed by atoms with van der Waals surface area (Å²) in [5.74, 6) is 0.0350. The van der Waals surface area contributed by atoms with E-state index in [-0.39, 0.29) is 30.3 Å². The van der Waals surface area contributed by atoms with E-state index in [9.17, 15) is 4.79 Å². The Morgan fingerprint density at radius 3 is 2.62 bits per heavy atom. The fourth-order valence-electron chi connectivity index (χ4n) is 2.11. The first-order chi connectivity index (χ1) is 7.00. The second-order valence-corrected chi connectivity index (χ2v) is 4.99. The molecule has 1 atom stereocenters. The molecule has 1 aliphatic heterocycles. The fourth-order valence-corrected chi connectivity index (χ4v) is 2.11. The number of nitrogens with two attached hydrogens (primary N) is 1. The van der Waals surface area contributed by atoms with Crippen LogP contribution in [0.5, 0.6) is 0 Å². The Morgan fingerprint density at radius 1 is 1.56 bits per heavy atom. The molecule has 1 unspecified atom stereocenters. The van der Waals surface area contributed by atoms with Gasteiger partial charge in [-0.3, -0.25) is 4.79 Å². The number of amides is 1. The number of carbonyl (C=O) groups excluding carboxylic acids is 1. The van der Waals surface area contributed by atoms with Crippen molar-refractivity contribution in [2.75, 3.05) is 26.7 Å². The minimum absolute atomic E-state index is 0. The Bertz CT molecular complexity index is 230. The van der Waals surface area contributed by atoms with Crippen LogP contribution < -0.4 is 5.73 Å². The Labute approximate surface area is 104 Å². The van der Waals surface area contributed by atoms with Crippen molar-refractivity contribution in [2.24, 2.45) is 11.1 Å². The quantitative estimate of drug-likeness (QED) is 0.814. The van der Waals surface area contributed by atoms with Gasteiger partial charge in [0.1, 0.15) is 6.10 Å².